The van der Waals surface area contributed by atoms with E-state index in [4.69, 9.17) is 0 Å². The fraction of sp³-hybridized carbons (Fsp3) is 0.350. The van der Waals surface area contributed by atoms with Crippen molar-refractivity contribution in [3.8, 4) is 5.75 Å². The van der Waals surface area contributed by atoms with Gasteiger partial charge in [0.1, 0.15) is 0 Å². The van der Waals surface area contributed by atoms with Crippen molar-refractivity contribution in [3.05, 3.63) is 45.6 Å². The SMILES string of the molecule is Cc1ccc([C@H](NC2=NS(=O)(=O)N=C2Nc2cccc(C(=O)N(C)C)c2O)C(C)C)s1. The van der Waals surface area contributed by atoms with E-state index in [1.54, 1.807) is 31.5 Å². The van der Waals surface area contributed by atoms with Crippen LogP contribution in [0.4, 0.5) is 5.69 Å². The Morgan fingerprint density at radius 1 is 1.13 bits per heavy atom. The number of thiophene rings is 1. The van der Waals surface area contributed by atoms with Gasteiger partial charge in [0.05, 0.1) is 17.3 Å². The van der Waals surface area contributed by atoms with Gasteiger partial charge in [0.25, 0.3) is 5.91 Å². The van der Waals surface area contributed by atoms with Gasteiger partial charge in [-0.05, 0) is 37.1 Å². The van der Waals surface area contributed by atoms with Crippen LogP contribution in [0.3, 0.4) is 0 Å². The van der Waals surface area contributed by atoms with Crippen molar-refractivity contribution < 1.29 is 18.3 Å². The number of benzene rings is 1. The number of hydrogen-bond donors (Lipinski definition) is 3. The zero-order valence-electron chi connectivity index (χ0n) is 17.9. The average molecular weight is 464 g/mol. The number of anilines is 1. The number of carbonyl (C=O) groups excluding carboxylic acids is 1. The molecule has 1 aromatic heterocycles. The normalized spacial score (nSPS) is 15.9. The summed E-state index contributed by atoms with van der Waals surface area (Å²) in [5.74, 6) is -0.555. The highest BCUT2D eigenvalue weighted by atomic mass is 32.2. The lowest BCUT2D eigenvalue weighted by Gasteiger charge is -2.23. The topological polar surface area (TPSA) is 123 Å². The van der Waals surface area contributed by atoms with Crippen molar-refractivity contribution in [2.45, 2.75) is 26.8 Å². The van der Waals surface area contributed by atoms with Crippen LogP contribution in [-0.4, -0.2) is 50.1 Å². The Morgan fingerprint density at radius 2 is 1.81 bits per heavy atom. The van der Waals surface area contributed by atoms with E-state index in [-0.39, 0.29) is 46.5 Å². The smallest absolute Gasteiger partial charge is 0.367 e. The molecule has 11 heteroatoms. The summed E-state index contributed by atoms with van der Waals surface area (Å²) < 4.78 is 31.6. The third-order valence-corrected chi connectivity index (χ3v) is 6.50. The summed E-state index contributed by atoms with van der Waals surface area (Å²) in [5.41, 5.74) is 0.225. The van der Waals surface area contributed by atoms with E-state index in [0.29, 0.717) is 0 Å². The quantitative estimate of drug-likeness (QED) is 0.586. The predicted molar refractivity (Wildman–Crippen MR) is 123 cm³/mol. The number of carbonyl (C=O) groups is 1. The van der Waals surface area contributed by atoms with Crippen LogP contribution in [0.2, 0.25) is 0 Å². The Labute approximate surface area is 185 Å². The summed E-state index contributed by atoms with van der Waals surface area (Å²) in [6.07, 6.45) is 0. The van der Waals surface area contributed by atoms with E-state index in [0.717, 1.165) is 9.75 Å². The number of amides is 1. The van der Waals surface area contributed by atoms with E-state index in [1.807, 2.05) is 32.9 Å². The van der Waals surface area contributed by atoms with Crippen LogP contribution in [0, 0.1) is 12.8 Å². The van der Waals surface area contributed by atoms with Crippen molar-refractivity contribution in [1.29, 1.82) is 0 Å². The molecule has 9 nitrogen and oxygen atoms in total. The molecule has 2 aromatic rings. The second-order valence-electron chi connectivity index (χ2n) is 7.67. The van der Waals surface area contributed by atoms with Crippen LogP contribution in [0.5, 0.6) is 5.75 Å². The standard InChI is InChI=1S/C20H25N5O4S2/c1-11(2)16(15-10-9-12(3)30-15)22-19-18(23-31(28,29)24-19)21-14-8-6-7-13(17(14)26)20(27)25(4)5/h6-11,16,26H,1-5H3,(H,21,23)(H,22,24)/t16-/m1/s1. The van der Waals surface area contributed by atoms with Crippen molar-refractivity contribution in [2.24, 2.45) is 14.7 Å². The Balaban J connectivity index is 1.92. The van der Waals surface area contributed by atoms with E-state index in [2.05, 4.69) is 19.4 Å². The van der Waals surface area contributed by atoms with E-state index in [9.17, 15) is 18.3 Å². The number of aromatic hydroxyl groups is 1. The highest BCUT2D eigenvalue weighted by Gasteiger charge is 2.29. The first-order valence-electron chi connectivity index (χ1n) is 9.57. The second-order valence-corrected chi connectivity index (χ2v) is 10.2. The van der Waals surface area contributed by atoms with Gasteiger partial charge in [-0.2, -0.15) is 8.42 Å². The Hall–Kier alpha value is -2.92. The number of phenols is 1. The largest absolute Gasteiger partial charge is 0.505 e. The number of nitrogens with zero attached hydrogens (tertiary/aromatic N) is 3. The average Bonchev–Trinajstić information content (AvgIpc) is 3.22. The van der Waals surface area contributed by atoms with Gasteiger partial charge in [0.15, 0.2) is 17.4 Å². The molecule has 0 fully saturated rings. The number of hydrogen-bond acceptors (Lipinski definition) is 7. The van der Waals surface area contributed by atoms with Crippen LogP contribution >= 0.6 is 11.3 Å². The molecule has 1 amide bonds. The fourth-order valence-corrected chi connectivity index (χ4v) is 4.91. The van der Waals surface area contributed by atoms with Crippen LogP contribution in [0.25, 0.3) is 0 Å². The monoisotopic (exact) mass is 463 g/mol. The number of para-hydroxylation sites is 1. The first-order valence-corrected chi connectivity index (χ1v) is 11.8. The lowest BCUT2D eigenvalue weighted by Crippen LogP contribution is -2.38. The van der Waals surface area contributed by atoms with Crippen molar-refractivity contribution in [3.63, 3.8) is 0 Å². The highest BCUT2D eigenvalue weighted by molar-refractivity contribution is 7.89. The molecular weight excluding hydrogens is 438 g/mol. The van der Waals surface area contributed by atoms with E-state index < -0.39 is 10.2 Å². The molecule has 2 heterocycles. The van der Waals surface area contributed by atoms with Crippen LogP contribution in [0.15, 0.2) is 39.1 Å². The second kappa shape index (κ2) is 8.67. The molecule has 3 rings (SSSR count). The maximum absolute atomic E-state index is 12.3. The lowest BCUT2D eigenvalue weighted by molar-refractivity contribution is 0.0824. The molecule has 0 saturated heterocycles. The zero-order chi connectivity index (χ0) is 22.9. The minimum atomic E-state index is -4.07. The lowest BCUT2D eigenvalue weighted by atomic mass is 10.0. The molecule has 0 aliphatic carbocycles. The first kappa shape index (κ1) is 22.8. The summed E-state index contributed by atoms with van der Waals surface area (Å²) in [6, 6.07) is 8.40. The zero-order valence-corrected chi connectivity index (χ0v) is 19.5. The molecule has 0 radical (unpaired) electrons. The molecule has 1 aromatic carbocycles. The molecule has 1 atom stereocenters. The number of nitrogens with one attached hydrogen (secondary N) is 2. The van der Waals surface area contributed by atoms with Crippen molar-refractivity contribution in [2.75, 3.05) is 19.4 Å². The molecule has 166 valence electrons. The third-order valence-electron chi connectivity index (χ3n) is 4.59. The van der Waals surface area contributed by atoms with Crippen molar-refractivity contribution in [1.82, 2.24) is 10.2 Å². The maximum atomic E-state index is 12.3. The summed E-state index contributed by atoms with van der Waals surface area (Å²) in [6.45, 7) is 6.04. The molecule has 0 spiro atoms. The molecule has 0 bridgehead atoms. The van der Waals surface area contributed by atoms with Gasteiger partial charge >= 0.3 is 10.2 Å². The Bertz CT molecular complexity index is 1170. The van der Waals surface area contributed by atoms with Gasteiger partial charge in [-0.1, -0.05) is 19.9 Å². The van der Waals surface area contributed by atoms with Crippen LogP contribution in [0.1, 0.15) is 40.0 Å². The number of amidine groups is 2. The van der Waals surface area contributed by atoms with Gasteiger partial charge in [-0.25, -0.2) is 0 Å². The van der Waals surface area contributed by atoms with Crippen molar-refractivity contribution >= 4 is 44.8 Å². The van der Waals surface area contributed by atoms with E-state index >= 15 is 0 Å². The summed E-state index contributed by atoms with van der Waals surface area (Å²) in [4.78, 5) is 15.8. The predicted octanol–water partition coefficient (Wildman–Crippen LogP) is 2.92. The molecule has 0 unspecified atom stereocenters. The number of rotatable bonds is 5. The van der Waals surface area contributed by atoms with E-state index in [1.165, 1.54) is 17.0 Å². The maximum Gasteiger partial charge on any atom is 0.367 e. The Morgan fingerprint density at radius 3 is 2.39 bits per heavy atom. The molecular formula is C20H25N5O4S2. The number of phenolic OH excluding ortho intramolecular Hbond substituents is 1. The molecule has 1 aliphatic rings. The molecule has 1 aliphatic heterocycles. The third kappa shape index (κ3) is 5.05. The molecule has 31 heavy (non-hydrogen) atoms. The minimum Gasteiger partial charge on any atom is -0.505 e. The van der Waals surface area contributed by atoms with Gasteiger partial charge in [-0.15, -0.1) is 20.1 Å². The van der Waals surface area contributed by atoms with Gasteiger partial charge in [0, 0.05) is 23.8 Å². The van der Waals surface area contributed by atoms with Crippen LogP contribution < -0.4 is 10.6 Å². The minimum absolute atomic E-state index is 0.0495. The van der Waals surface area contributed by atoms with Gasteiger partial charge < -0.3 is 20.6 Å². The Kier molecular flexibility index (Phi) is 6.37. The van der Waals surface area contributed by atoms with Gasteiger partial charge in [0.2, 0.25) is 0 Å². The highest BCUT2D eigenvalue weighted by Crippen LogP contribution is 2.31. The molecule has 0 saturated carbocycles. The summed E-state index contributed by atoms with van der Waals surface area (Å²) in [7, 11) is -0.924. The number of aryl methyl sites for hydroxylation is 1. The molecule has 3 N–H and O–H groups in total. The van der Waals surface area contributed by atoms with Crippen LogP contribution in [-0.2, 0) is 10.2 Å². The first-order chi connectivity index (χ1) is 14.5. The van der Waals surface area contributed by atoms with Gasteiger partial charge in [-0.3, -0.25) is 4.79 Å². The summed E-state index contributed by atoms with van der Waals surface area (Å²) in [5, 5.41) is 16.6. The summed E-state index contributed by atoms with van der Waals surface area (Å²) >= 11 is 1.61. The fourth-order valence-electron chi connectivity index (χ4n) is 3.03.